The van der Waals surface area contributed by atoms with Crippen molar-refractivity contribution in [3.8, 4) is 28.4 Å². The molecule has 0 aliphatic rings. The van der Waals surface area contributed by atoms with Gasteiger partial charge in [-0.15, -0.1) is 11.3 Å². The Morgan fingerprint density at radius 2 is 1.83 bits per heavy atom. The zero-order valence-electron chi connectivity index (χ0n) is 16.8. The second-order valence-corrected chi connectivity index (χ2v) is 7.65. The third-order valence-corrected chi connectivity index (χ3v) is 5.26. The molecule has 0 radical (unpaired) electrons. The van der Waals surface area contributed by atoms with E-state index in [4.69, 9.17) is 4.74 Å². The number of nitrogens with zero attached hydrogens (tertiary/aromatic N) is 3. The number of thiazole rings is 1. The number of ether oxygens (including phenoxy) is 1. The number of pyridine rings is 2. The van der Waals surface area contributed by atoms with E-state index in [2.05, 4.69) is 20.3 Å². The van der Waals surface area contributed by atoms with E-state index in [1.807, 2.05) is 55.6 Å². The maximum absolute atomic E-state index is 13.0. The Morgan fingerprint density at radius 3 is 2.57 bits per heavy atom. The van der Waals surface area contributed by atoms with Crippen molar-refractivity contribution in [2.24, 2.45) is 0 Å². The lowest BCUT2D eigenvalue weighted by molar-refractivity contribution is 0.102. The third-order valence-electron chi connectivity index (χ3n) is 4.50. The van der Waals surface area contributed by atoms with Crippen LogP contribution in [0.4, 0.5) is 5.13 Å². The quantitative estimate of drug-likeness (QED) is 0.487. The first-order chi connectivity index (χ1) is 14.5. The van der Waals surface area contributed by atoms with Crippen LogP contribution in [0.15, 0.2) is 60.1 Å². The van der Waals surface area contributed by atoms with Gasteiger partial charge in [0, 0.05) is 22.8 Å². The molecule has 30 heavy (non-hydrogen) atoms. The molecule has 1 N–H and O–H groups in total. The minimum atomic E-state index is -0.261. The van der Waals surface area contributed by atoms with Gasteiger partial charge in [0.05, 0.1) is 24.1 Å². The van der Waals surface area contributed by atoms with Crippen LogP contribution in [0.25, 0.3) is 22.6 Å². The lowest BCUT2D eigenvalue weighted by Gasteiger charge is -2.09. The number of rotatable bonds is 5. The van der Waals surface area contributed by atoms with E-state index in [1.165, 1.54) is 11.3 Å². The number of hydrogen-bond donors (Lipinski definition) is 1. The highest BCUT2D eigenvalue weighted by molar-refractivity contribution is 7.14. The van der Waals surface area contributed by atoms with Gasteiger partial charge in [-0.3, -0.25) is 20.1 Å². The number of aryl methyl sites for hydroxylation is 2. The van der Waals surface area contributed by atoms with Gasteiger partial charge in [0.1, 0.15) is 11.4 Å². The number of benzene rings is 1. The summed E-state index contributed by atoms with van der Waals surface area (Å²) in [6.45, 7) is 3.98. The van der Waals surface area contributed by atoms with Crippen LogP contribution in [0.2, 0.25) is 0 Å². The van der Waals surface area contributed by atoms with Crippen molar-refractivity contribution in [2.45, 2.75) is 13.8 Å². The second kappa shape index (κ2) is 8.42. The van der Waals surface area contributed by atoms with Crippen LogP contribution in [0, 0.1) is 13.8 Å². The van der Waals surface area contributed by atoms with E-state index < -0.39 is 0 Å². The van der Waals surface area contributed by atoms with Crippen LogP contribution in [0.1, 0.15) is 21.6 Å². The molecule has 0 unspecified atom stereocenters. The highest BCUT2D eigenvalue weighted by Crippen LogP contribution is 2.27. The number of anilines is 1. The molecule has 0 aliphatic heterocycles. The van der Waals surface area contributed by atoms with Crippen LogP contribution in [-0.2, 0) is 0 Å². The van der Waals surface area contributed by atoms with Gasteiger partial charge >= 0.3 is 0 Å². The zero-order chi connectivity index (χ0) is 21.1. The SMILES string of the molecule is COc1ccc(-c2ncccc2C(=O)Nc2nc(-c3cc(C)cc(C)n3)cs2)cc1. The fourth-order valence-electron chi connectivity index (χ4n) is 3.15. The minimum Gasteiger partial charge on any atom is -0.497 e. The fraction of sp³-hybridized carbons (Fsp3) is 0.130. The highest BCUT2D eigenvalue weighted by Gasteiger charge is 2.16. The maximum atomic E-state index is 13.0. The predicted octanol–water partition coefficient (Wildman–Crippen LogP) is 5.14. The number of methoxy groups -OCH3 is 1. The number of carbonyl (C=O) groups is 1. The van der Waals surface area contributed by atoms with Crippen LogP contribution in [0.5, 0.6) is 5.75 Å². The molecule has 1 aromatic carbocycles. The first kappa shape index (κ1) is 19.7. The van der Waals surface area contributed by atoms with Gasteiger partial charge in [0.25, 0.3) is 5.91 Å². The van der Waals surface area contributed by atoms with Crippen LogP contribution < -0.4 is 10.1 Å². The summed E-state index contributed by atoms with van der Waals surface area (Å²) in [5.41, 5.74) is 5.50. The largest absolute Gasteiger partial charge is 0.497 e. The summed E-state index contributed by atoms with van der Waals surface area (Å²) >= 11 is 1.37. The minimum absolute atomic E-state index is 0.261. The Morgan fingerprint density at radius 1 is 1.03 bits per heavy atom. The van der Waals surface area contributed by atoms with E-state index in [1.54, 1.807) is 25.4 Å². The topological polar surface area (TPSA) is 77.0 Å². The van der Waals surface area contributed by atoms with Crippen molar-refractivity contribution in [3.05, 3.63) is 76.9 Å². The lowest BCUT2D eigenvalue weighted by atomic mass is 10.1. The molecule has 0 saturated heterocycles. The normalized spacial score (nSPS) is 10.6. The monoisotopic (exact) mass is 416 g/mol. The second-order valence-electron chi connectivity index (χ2n) is 6.79. The number of hydrogen-bond acceptors (Lipinski definition) is 6. The molecule has 3 aromatic heterocycles. The van der Waals surface area contributed by atoms with Crippen molar-refractivity contribution in [1.82, 2.24) is 15.0 Å². The number of nitrogens with one attached hydrogen (secondary N) is 1. The smallest absolute Gasteiger partial charge is 0.259 e. The molecule has 4 aromatic rings. The van der Waals surface area contributed by atoms with Gasteiger partial charge in [-0.05, 0) is 67.9 Å². The Labute approximate surface area is 178 Å². The number of aromatic nitrogens is 3. The molecule has 4 rings (SSSR count). The van der Waals surface area contributed by atoms with E-state index in [-0.39, 0.29) is 5.91 Å². The van der Waals surface area contributed by atoms with Gasteiger partial charge in [0.15, 0.2) is 5.13 Å². The molecule has 3 heterocycles. The molecule has 0 saturated carbocycles. The van der Waals surface area contributed by atoms with Crippen LogP contribution in [0.3, 0.4) is 0 Å². The van der Waals surface area contributed by atoms with Crippen molar-refractivity contribution < 1.29 is 9.53 Å². The highest BCUT2D eigenvalue weighted by atomic mass is 32.1. The van der Waals surface area contributed by atoms with E-state index >= 15 is 0 Å². The van der Waals surface area contributed by atoms with Gasteiger partial charge in [-0.1, -0.05) is 0 Å². The molecule has 6 nitrogen and oxygen atoms in total. The molecular weight excluding hydrogens is 396 g/mol. The van der Waals surface area contributed by atoms with Gasteiger partial charge in [-0.2, -0.15) is 0 Å². The standard InChI is InChI=1S/C23H20N4O2S/c1-14-11-15(2)25-19(12-14)20-13-30-23(26-20)27-22(28)18-5-4-10-24-21(18)16-6-8-17(29-3)9-7-16/h4-13H,1-3H3,(H,26,27,28). The Bertz CT molecular complexity index is 1180. The Kier molecular flexibility index (Phi) is 5.54. The molecule has 0 spiro atoms. The molecule has 0 bridgehead atoms. The first-order valence-electron chi connectivity index (χ1n) is 9.35. The molecule has 0 atom stereocenters. The van der Waals surface area contributed by atoms with E-state index in [9.17, 15) is 4.79 Å². The zero-order valence-corrected chi connectivity index (χ0v) is 17.7. The van der Waals surface area contributed by atoms with Crippen molar-refractivity contribution in [2.75, 3.05) is 12.4 Å². The fourth-order valence-corrected chi connectivity index (χ4v) is 3.85. The molecular formula is C23H20N4O2S. The molecule has 0 aliphatic carbocycles. The van der Waals surface area contributed by atoms with Crippen molar-refractivity contribution in [3.63, 3.8) is 0 Å². The van der Waals surface area contributed by atoms with E-state index in [0.29, 0.717) is 16.4 Å². The summed E-state index contributed by atoms with van der Waals surface area (Å²) in [6, 6.07) is 14.9. The molecule has 0 fully saturated rings. The summed E-state index contributed by atoms with van der Waals surface area (Å²) in [7, 11) is 1.62. The van der Waals surface area contributed by atoms with Crippen molar-refractivity contribution >= 4 is 22.4 Å². The third kappa shape index (κ3) is 4.21. The van der Waals surface area contributed by atoms with Crippen molar-refractivity contribution in [1.29, 1.82) is 0 Å². The number of carbonyl (C=O) groups excluding carboxylic acids is 1. The maximum Gasteiger partial charge on any atom is 0.259 e. The van der Waals surface area contributed by atoms with Gasteiger partial charge in [-0.25, -0.2) is 4.98 Å². The van der Waals surface area contributed by atoms with E-state index in [0.717, 1.165) is 34.0 Å². The molecule has 1 amide bonds. The predicted molar refractivity (Wildman–Crippen MR) is 119 cm³/mol. The average Bonchev–Trinajstić information content (AvgIpc) is 3.22. The summed E-state index contributed by atoms with van der Waals surface area (Å²) in [5.74, 6) is 0.485. The summed E-state index contributed by atoms with van der Waals surface area (Å²) < 4.78 is 5.20. The molecule has 150 valence electrons. The summed E-state index contributed by atoms with van der Waals surface area (Å²) in [4.78, 5) is 26.4. The Hall–Kier alpha value is -3.58. The van der Waals surface area contributed by atoms with Gasteiger partial charge in [0.2, 0.25) is 0 Å². The average molecular weight is 417 g/mol. The number of amides is 1. The van der Waals surface area contributed by atoms with Gasteiger partial charge < -0.3 is 4.74 Å². The Balaban J connectivity index is 1.58. The molecule has 7 heteroatoms. The van der Waals surface area contributed by atoms with Crippen LogP contribution >= 0.6 is 11.3 Å². The lowest BCUT2D eigenvalue weighted by Crippen LogP contribution is -2.13. The van der Waals surface area contributed by atoms with Crippen LogP contribution in [-0.4, -0.2) is 28.0 Å². The summed E-state index contributed by atoms with van der Waals surface area (Å²) in [6.07, 6.45) is 1.67. The summed E-state index contributed by atoms with van der Waals surface area (Å²) in [5, 5.41) is 5.29. The first-order valence-corrected chi connectivity index (χ1v) is 10.2.